The fourth-order valence-corrected chi connectivity index (χ4v) is 3.37. The van der Waals surface area contributed by atoms with Gasteiger partial charge in [-0.25, -0.2) is 0 Å². The van der Waals surface area contributed by atoms with Crippen LogP contribution in [0, 0.1) is 5.92 Å². The van der Waals surface area contributed by atoms with Crippen molar-refractivity contribution >= 4 is 33.2 Å². The van der Waals surface area contributed by atoms with Gasteiger partial charge in [0, 0.05) is 19.3 Å². The van der Waals surface area contributed by atoms with Crippen LogP contribution < -0.4 is 4.90 Å². The highest BCUT2D eigenvalue weighted by Crippen LogP contribution is 2.32. The molecule has 0 saturated carbocycles. The summed E-state index contributed by atoms with van der Waals surface area (Å²) in [7, 11) is 0. The summed E-state index contributed by atoms with van der Waals surface area (Å²) in [6.45, 7) is 1.63. The third kappa shape index (κ3) is 1.95. The van der Waals surface area contributed by atoms with Gasteiger partial charge < -0.3 is 10.0 Å². The molecule has 0 bridgehead atoms. The molecule has 1 fully saturated rings. The lowest BCUT2D eigenvalue weighted by molar-refractivity contribution is -0.142. The predicted molar refractivity (Wildman–Crippen MR) is 72.2 cm³/mol. The summed E-state index contributed by atoms with van der Waals surface area (Å²) in [6.07, 6.45) is 3.28. The zero-order chi connectivity index (χ0) is 12.5. The first kappa shape index (κ1) is 11.5. The molecule has 1 N–H and O–H groups in total. The van der Waals surface area contributed by atoms with Crippen molar-refractivity contribution in [3.05, 3.63) is 23.7 Å². The number of aromatic nitrogens is 1. The summed E-state index contributed by atoms with van der Waals surface area (Å²) in [5.74, 6) is -0.840. The Balaban J connectivity index is 1.84. The topological polar surface area (TPSA) is 53.4 Å². The number of aliphatic carboxylic acids is 1. The number of piperidine rings is 1. The van der Waals surface area contributed by atoms with Crippen LogP contribution in [0.3, 0.4) is 0 Å². The maximum atomic E-state index is 10.9. The molecule has 0 aliphatic carbocycles. The number of carboxylic acid groups (broad SMARTS) is 1. The van der Waals surface area contributed by atoms with Gasteiger partial charge in [0.05, 0.1) is 21.8 Å². The van der Waals surface area contributed by atoms with Crippen molar-refractivity contribution in [1.82, 2.24) is 4.98 Å². The third-order valence-corrected chi connectivity index (χ3v) is 4.43. The van der Waals surface area contributed by atoms with Gasteiger partial charge in [0.15, 0.2) is 0 Å². The second-order valence-electron chi connectivity index (χ2n) is 4.56. The van der Waals surface area contributed by atoms with E-state index < -0.39 is 5.97 Å². The van der Waals surface area contributed by atoms with Crippen LogP contribution >= 0.6 is 11.3 Å². The van der Waals surface area contributed by atoms with Crippen LogP contribution in [0.15, 0.2) is 23.7 Å². The lowest BCUT2D eigenvalue weighted by Gasteiger charge is -2.32. The number of anilines is 1. The molecule has 0 amide bonds. The van der Waals surface area contributed by atoms with Crippen molar-refractivity contribution in [2.24, 2.45) is 5.92 Å². The van der Waals surface area contributed by atoms with Crippen LogP contribution in [-0.2, 0) is 4.79 Å². The summed E-state index contributed by atoms with van der Waals surface area (Å²) in [4.78, 5) is 17.5. The SMILES string of the molecule is O=C(O)C1CCN(c2ccnc3ccsc23)CC1. The highest BCUT2D eigenvalue weighted by atomic mass is 32.1. The minimum Gasteiger partial charge on any atom is -0.481 e. The summed E-state index contributed by atoms with van der Waals surface area (Å²) in [6, 6.07) is 4.05. The molecule has 0 spiro atoms. The molecule has 2 aromatic rings. The number of carboxylic acids is 1. The van der Waals surface area contributed by atoms with Crippen LogP contribution in [0.1, 0.15) is 12.8 Å². The summed E-state index contributed by atoms with van der Waals surface area (Å²) in [5.41, 5.74) is 2.22. The zero-order valence-electron chi connectivity index (χ0n) is 9.87. The van der Waals surface area contributed by atoms with Gasteiger partial charge in [0.25, 0.3) is 0 Å². The predicted octanol–water partition coefficient (Wildman–Crippen LogP) is 2.60. The molecular weight excluding hydrogens is 248 g/mol. The molecule has 1 saturated heterocycles. The molecule has 0 atom stereocenters. The van der Waals surface area contributed by atoms with E-state index in [9.17, 15) is 4.79 Å². The molecule has 0 unspecified atom stereocenters. The van der Waals surface area contributed by atoms with Crippen molar-refractivity contribution in [3.63, 3.8) is 0 Å². The van der Waals surface area contributed by atoms with Crippen LogP contribution in [-0.4, -0.2) is 29.1 Å². The van der Waals surface area contributed by atoms with E-state index in [2.05, 4.69) is 9.88 Å². The number of fused-ring (bicyclic) bond motifs is 1. The average molecular weight is 262 g/mol. The standard InChI is InChI=1S/C13H14N2O2S/c16-13(17)9-2-6-15(7-3-9)11-1-5-14-10-4-8-18-12(10)11/h1,4-5,8-9H,2-3,6-7H2,(H,16,17). The van der Waals surface area contributed by atoms with E-state index in [4.69, 9.17) is 5.11 Å². The fraction of sp³-hybridized carbons (Fsp3) is 0.385. The van der Waals surface area contributed by atoms with E-state index in [1.165, 1.54) is 10.4 Å². The number of carbonyl (C=O) groups is 1. The second-order valence-corrected chi connectivity index (χ2v) is 5.48. The van der Waals surface area contributed by atoms with Crippen molar-refractivity contribution in [2.75, 3.05) is 18.0 Å². The second kappa shape index (κ2) is 4.57. The van der Waals surface area contributed by atoms with Crippen molar-refractivity contribution < 1.29 is 9.90 Å². The lowest BCUT2D eigenvalue weighted by Crippen LogP contribution is -2.36. The van der Waals surface area contributed by atoms with Gasteiger partial charge in [0.2, 0.25) is 0 Å². The van der Waals surface area contributed by atoms with Gasteiger partial charge in [0.1, 0.15) is 0 Å². The number of hydrogen-bond donors (Lipinski definition) is 1. The van der Waals surface area contributed by atoms with Crippen LogP contribution in [0.4, 0.5) is 5.69 Å². The van der Waals surface area contributed by atoms with Gasteiger partial charge in [-0.1, -0.05) is 0 Å². The molecule has 4 nitrogen and oxygen atoms in total. The van der Waals surface area contributed by atoms with Gasteiger partial charge in [-0.2, -0.15) is 0 Å². The zero-order valence-corrected chi connectivity index (χ0v) is 10.7. The van der Waals surface area contributed by atoms with E-state index in [0.717, 1.165) is 31.4 Å². The van der Waals surface area contributed by atoms with E-state index >= 15 is 0 Å². The Bertz CT molecular complexity index is 573. The van der Waals surface area contributed by atoms with Crippen LogP contribution in [0.5, 0.6) is 0 Å². The number of thiophene rings is 1. The molecule has 0 aromatic carbocycles. The first-order chi connectivity index (χ1) is 8.75. The number of nitrogens with zero attached hydrogens (tertiary/aromatic N) is 2. The molecule has 5 heteroatoms. The minimum absolute atomic E-state index is 0.179. The molecule has 3 rings (SSSR count). The quantitative estimate of drug-likeness (QED) is 0.904. The average Bonchev–Trinajstić information content (AvgIpc) is 2.87. The number of pyridine rings is 1. The van der Waals surface area contributed by atoms with E-state index in [1.54, 1.807) is 11.3 Å². The van der Waals surface area contributed by atoms with E-state index in [0.29, 0.717) is 0 Å². The van der Waals surface area contributed by atoms with Gasteiger partial charge >= 0.3 is 5.97 Å². The van der Waals surface area contributed by atoms with Crippen LogP contribution in [0.25, 0.3) is 10.2 Å². The van der Waals surface area contributed by atoms with Gasteiger partial charge in [-0.15, -0.1) is 11.3 Å². The largest absolute Gasteiger partial charge is 0.481 e. The van der Waals surface area contributed by atoms with Crippen molar-refractivity contribution in [1.29, 1.82) is 0 Å². The lowest BCUT2D eigenvalue weighted by atomic mass is 9.97. The first-order valence-electron chi connectivity index (χ1n) is 6.05. The normalized spacial score (nSPS) is 17.2. The molecular formula is C13H14N2O2S. The molecule has 1 aliphatic rings. The molecule has 2 aromatic heterocycles. The maximum absolute atomic E-state index is 10.9. The van der Waals surface area contributed by atoms with E-state index in [1.807, 2.05) is 23.7 Å². The number of rotatable bonds is 2. The maximum Gasteiger partial charge on any atom is 0.306 e. The Hall–Kier alpha value is -1.62. The monoisotopic (exact) mass is 262 g/mol. The molecule has 3 heterocycles. The molecule has 1 aliphatic heterocycles. The molecule has 18 heavy (non-hydrogen) atoms. The third-order valence-electron chi connectivity index (χ3n) is 3.51. The summed E-state index contributed by atoms with van der Waals surface area (Å²) < 4.78 is 1.20. The van der Waals surface area contributed by atoms with Crippen molar-refractivity contribution in [3.8, 4) is 0 Å². The molecule has 94 valence electrons. The summed E-state index contributed by atoms with van der Waals surface area (Å²) >= 11 is 1.69. The summed E-state index contributed by atoms with van der Waals surface area (Å²) in [5, 5.41) is 11.1. The number of hydrogen-bond acceptors (Lipinski definition) is 4. The highest BCUT2D eigenvalue weighted by molar-refractivity contribution is 7.17. The van der Waals surface area contributed by atoms with E-state index in [-0.39, 0.29) is 5.92 Å². The Kier molecular flexibility index (Phi) is 2.91. The Morgan fingerprint density at radius 3 is 2.89 bits per heavy atom. The Morgan fingerprint density at radius 2 is 2.17 bits per heavy atom. The molecule has 0 radical (unpaired) electrons. The van der Waals surface area contributed by atoms with Crippen LogP contribution in [0.2, 0.25) is 0 Å². The Morgan fingerprint density at radius 1 is 1.39 bits per heavy atom. The van der Waals surface area contributed by atoms with Crippen molar-refractivity contribution in [2.45, 2.75) is 12.8 Å². The smallest absolute Gasteiger partial charge is 0.306 e. The van der Waals surface area contributed by atoms with Gasteiger partial charge in [-0.3, -0.25) is 9.78 Å². The minimum atomic E-state index is -0.661. The van der Waals surface area contributed by atoms with Gasteiger partial charge in [-0.05, 0) is 30.4 Å². The highest BCUT2D eigenvalue weighted by Gasteiger charge is 2.25. The fourth-order valence-electron chi connectivity index (χ4n) is 2.48. The Labute approximate surface area is 109 Å². The first-order valence-corrected chi connectivity index (χ1v) is 6.93.